The van der Waals surface area contributed by atoms with E-state index < -0.39 is 10.0 Å². The molecular weight excluding hydrogens is 248 g/mol. The molecule has 0 aliphatic rings. The molecule has 5 heteroatoms. The summed E-state index contributed by atoms with van der Waals surface area (Å²) in [5.41, 5.74) is 1.53. The van der Waals surface area contributed by atoms with Crippen LogP contribution in [0, 0.1) is 5.92 Å². The molecule has 0 saturated heterocycles. The maximum atomic E-state index is 11.1. The Morgan fingerprint density at radius 2 is 1.94 bits per heavy atom. The predicted octanol–water partition coefficient (Wildman–Crippen LogP) is 2.91. The Labute approximate surface area is 110 Å². The van der Waals surface area contributed by atoms with E-state index in [2.05, 4.69) is 23.9 Å². The molecule has 0 spiro atoms. The largest absolute Gasteiger partial charge is 0.385 e. The topological polar surface area (TPSA) is 58.2 Å². The molecule has 1 rings (SSSR count). The molecule has 0 radical (unpaired) electrons. The first-order chi connectivity index (χ1) is 8.40. The second-order valence-electron chi connectivity index (χ2n) is 4.73. The van der Waals surface area contributed by atoms with Gasteiger partial charge in [0.1, 0.15) is 0 Å². The second kappa shape index (κ2) is 6.64. The minimum Gasteiger partial charge on any atom is -0.385 e. The van der Waals surface area contributed by atoms with Gasteiger partial charge in [0.25, 0.3) is 0 Å². The number of rotatable bonds is 7. The number of hydrogen-bond donors (Lipinski definition) is 2. The van der Waals surface area contributed by atoms with Crippen LogP contribution in [0.15, 0.2) is 24.3 Å². The zero-order chi connectivity index (χ0) is 13.6. The molecule has 0 heterocycles. The monoisotopic (exact) mass is 270 g/mol. The average molecular weight is 270 g/mol. The second-order valence-corrected chi connectivity index (χ2v) is 6.48. The molecule has 1 atom stereocenters. The molecule has 1 aromatic rings. The van der Waals surface area contributed by atoms with E-state index in [-0.39, 0.29) is 0 Å². The van der Waals surface area contributed by atoms with Gasteiger partial charge in [-0.2, -0.15) is 0 Å². The minimum atomic E-state index is -3.21. The van der Waals surface area contributed by atoms with Crippen molar-refractivity contribution in [2.24, 2.45) is 5.92 Å². The van der Waals surface area contributed by atoms with Crippen molar-refractivity contribution >= 4 is 21.4 Å². The van der Waals surface area contributed by atoms with Gasteiger partial charge in [0.05, 0.1) is 11.9 Å². The third kappa shape index (κ3) is 5.91. The Balaban J connectivity index is 2.60. The Morgan fingerprint density at radius 1 is 1.28 bits per heavy atom. The fourth-order valence-corrected chi connectivity index (χ4v) is 2.35. The molecule has 1 aromatic carbocycles. The van der Waals surface area contributed by atoms with E-state index in [1.165, 1.54) is 12.8 Å². The van der Waals surface area contributed by atoms with Gasteiger partial charge in [-0.3, -0.25) is 4.72 Å². The van der Waals surface area contributed by atoms with Crippen molar-refractivity contribution in [3.8, 4) is 0 Å². The van der Waals surface area contributed by atoms with Crippen molar-refractivity contribution in [1.82, 2.24) is 0 Å². The first-order valence-electron chi connectivity index (χ1n) is 6.22. The summed E-state index contributed by atoms with van der Waals surface area (Å²) >= 11 is 0. The van der Waals surface area contributed by atoms with Crippen LogP contribution in [0.4, 0.5) is 11.4 Å². The van der Waals surface area contributed by atoms with Crippen LogP contribution in [0.25, 0.3) is 0 Å². The average Bonchev–Trinajstić information content (AvgIpc) is 2.25. The number of sulfonamides is 1. The zero-order valence-electron chi connectivity index (χ0n) is 11.2. The summed E-state index contributed by atoms with van der Waals surface area (Å²) < 4.78 is 24.7. The molecule has 0 saturated carbocycles. The van der Waals surface area contributed by atoms with Crippen molar-refractivity contribution in [3.63, 3.8) is 0 Å². The summed E-state index contributed by atoms with van der Waals surface area (Å²) in [7, 11) is -3.21. The van der Waals surface area contributed by atoms with Crippen LogP contribution < -0.4 is 10.0 Å². The molecule has 1 unspecified atom stereocenters. The molecule has 18 heavy (non-hydrogen) atoms. The Kier molecular flexibility index (Phi) is 5.47. The highest BCUT2D eigenvalue weighted by Crippen LogP contribution is 2.17. The van der Waals surface area contributed by atoms with Crippen molar-refractivity contribution in [1.29, 1.82) is 0 Å². The van der Waals surface area contributed by atoms with Gasteiger partial charge in [0, 0.05) is 12.2 Å². The number of anilines is 2. The summed E-state index contributed by atoms with van der Waals surface area (Å²) in [6.45, 7) is 5.28. The summed E-state index contributed by atoms with van der Waals surface area (Å²) in [6, 6.07) is 7.31. The van der Waals surface area contributed by atoms with Crippen molar-refractivity contribution in [3.05, 3.63) is 24.3 Å². The maximum absolute atomic E-state index is 11.1. The zero-order valence-corrected chi connectivity index (χ0v) is 12.0. The Morgan fingerprint density at radius 3 is 2.56 bits per heavy atom. The Hall–Kier alpha value is -1.23. The smallest absolute Gasteiger partial charge is 0.229 e. The lowest BCUT2D eigenvalue weighted by atomic mass is 10.1. The van der Waals surface area contributed by atoms with Crippen LogP contribution in [-0.4, -0.2) is 21.2 Å². The van der Waals surface area contributed by atoms with Crippen LogP contribution >= 0.6 is 0 Å². The third-order valence-electron chi connectivity index (χ3n) is 2.60. The van der Waals surface area contributed by atoms with Gasteiger partial charge >= 0.3 is 0 Å². The van der Waals surface area contributed by atoms with E-state index in [0.717, 1.165) is 18.5 Å². The van der Waals surface area contributed by atoms with Crippen LogP contribution in [0.1, 0.15) is 26.7 Å². The maximum Gasteiger partial charge on any atom is 0.229 e. The molecule has 2 N–H and O–H groups in total. The van der Waals surface area contributed by atoms with Gasteiger partial charge in [-0.15, -0.1) is 0 Å². The molecule has 0 aliphatic carbocycles. The highest BCUT2D eigenvalue weighted by atomic mass is 32.2. The van der Waals surface area contributed by atoms with E-state index in [1.54, 1.807) is 12.1 Å². The molecule has 0 aliphatic heterocycles. The van der Waals surface area contributed by atoms with Crippen molar-refractivity contribution < 1.29 is 8.42 Å². The van der Waals surface area contributed by atoms with E-state index in [9.17, 15) is 8.42 Å². The van der Waals surface area contributed by atoms with E-state index >= 15 is 0 Å². The number of nitrogens with one attached hydrogen (secondary N) is 2. The fourth-order valence-electron chi connectivity index (χ4n) is 1.79. The molecule has 0 aromatic heterocycles. The highest BCUT2D eigenvalue weighted by molar-refractivity contribution is 7.92. The first kappa shape index (κ1) is 14.8. The van der Waals surface area contributed by atoms with Crippen LogP contribution in [-0.2, 0) is 10.0 Å². The Bertz CT molecular complexity index is 472. The van der Waals surface area contributed by atoms with Gasteiger partial charge in [0.15, 0.2) is 0 Å². The lowest BCUT2D eigenvalue weighted by Gasteiger charge is -2.13. The van der Waals surface area contributed by atoms with Crippen molar-refractivity contribution in [2.45, 2.75) is 26.7 Å². The standard InChI is InChI=1S/C13H22N2O2S/c1-4-6-11(2)10-14-12-7-5-8-13(9-12)15-18(3,16)17/h5,7-9,11,14-15H,4,6,10H2,1-3H3. The molecule has 102 valence electrons. The fraction of sp³-hybridized carbons (Fsp3) is 0.538. The van der Waals surface area contributed by atoms with Crippen LogP contribution in [0.5, 0.6) is 0 Å². The molecular formula is C13H22N2O2S. The van der Waals surface area contributed by atoms with Gasteiger partial charge in [-0.1, -0.05) is 26.3 Å². The predicted molar refractivity (Wildman–Crippen MR) is 77.5 cm³/mol. The number of hydrogen-bond acceptors (Lipinski definition) is 3. The highest BCUT2D eigenvalue weighted by Gasteiger charge is 2.03. The number of benzene rings is 1. The summed E-state index contributed by atoms with van der Waals surface area (Å²) in [6.07, 6.45) is 3.52. The molecule has 4 nitrogen and oxygen atoms in total. The minimum absolute atomic E-state index is 0.589. The van der Waals surface area contributed by atoms with Crippen LogP contribution in [0.3, 0.4) is 0 Å². The lowest BCUT2D eigenvalue weighted by molar-refractivity contribution is 0.551. The van der Waals surface area contributed by atoms with Gasteiger partial charge in [-0.25, -0.2) is 8.42 Å². The third-order valence-corrected chi connectivity index (χ3v) is 3.21. The lowest BCUT2D eigenvalue weighted by Crippen LogP contribution is -2.12. The summed E-state index contributed by atoms with van der Waals surface area (Å²) in [5, 5.41) is 3.32. The van der Waals surface area contributed by atoms with E-state index in [4.69, 9.17) is 0 Å². The molecule has 0 bridgehead atoms. The summed E-state index contributed by atoms with van der Waals surface area (Å²) in [4.78, 5) is 0. The normalized spacial score (nSPS) is 13.1. The molecule has 0 fully saturated rings. The quantitative estimate of drug-likeness (QED) is 0.801. The van der Waals surface area contributed by atoms with Crippen LogP contribution in [0.2, 0.25) is 0 Å². The van der Waals surface area contributed by atoms with E-state index in [0.29, 0.717) is 11.6 Å². The SMILES string of the molecule is CCCC(C)CNc1cccc(NS(C)(=O)=O)c1. The van der Waals surface area contributed by atoms with Crippen molar-refractivity contribution in [2.75, 3.05) is 22.8 Å². The van der Waals surface area contributed by atoms with Gasteiger partial charge in [-0.05, 0) is 30.5 Å². The van der Waals surface area contributed by atoms with Gasteiger partial charge < -0.3 is 5.32 Å². The van der Waals surface area contributed by atoms with Gasteiger partial charge in [0.2, 0.25) is 10.0 Å². The van der Waals surface area contributed by atoms with E-state index in [1.807, 2.05) is 12.1 Å². The first-order valence-corrected chi connectivity index (χ1v) is 8.11. The molecule has 0 amide bonds. The summed E-state index contributed by atoms with van der Waals surface area (Å²) in [5.74, 6) is 0.613.